The second-order valence-corrected chi connectivity index (χ2v) is 5.02. The molecule has 2 rings (SSSR count). The lowest BCUT2D eigenvalue weighted by molar-refractivity contribution is 0.0976. The van der Waals surface area contributed by atoms with Gasteiger partial charge in [-0.1, -0.05) is 27.5 Å². The first-order chi connectivity index (χ1) is 6.66. The van der Waals surface area contributed by atoms with Crippen molar-refractivity contribution in [1.29, 1.82) is 0 Å². The van der Waals surface area contributed by atoms with Crippen LogP contribution in [-0.4, -0.2) is 5.78 Å². The first-order valence-electron chi connectivity index (χ1n) is 4.65. The molecule has 0 atom stereocenters. The van der Waals surface area contributed by atoms with Crippen LogP contribution in [-0.2, 0) is 0 Å². The minimum atomic E-state index is 0.166. The summed E-state index contributed by atoms with van der Waals surface area (Å²) in [5.41, 5.74) is 0.646. The minimum Gasteiger partial charge on any atom is -0.294 e. The van der Waals surface area contributed by atoms with Crippen LogP contribution in [0.1, 0.15) is 29.6 Å². The van der Waals surface area contributed by atoms with Gasteiger partial charge in [-0.2, -0.15) is 0 Å². The highest BCUT2D eigenvalue weighted by Crippen LogP contribution is 2.34. The molecule has 0 radical (unpaired) electrons. The quantitative estimate of drug-likeness (QED) is 0.758. The zero-order valence-corrected chi connectivity index (χ0v) is 9.94. The maximum atomic E-state index is 11.8. The number of hydrogen-bond donors (Lipinski definition) is 0. The number of carbonyl (C=O) groups excluding carboxylic acids is 1. The molecule has 74 valence electrons. The van der Waals surface area contributed by atoms with Crippen LogP contribution in [0.4, 0.5) is 0 Å². The molecule has 1 aliphatic rings. The Morgan fingerprint density at radius 2 is 2.21 bits per heavy atom. The van der Waals surface area contributed by atoms with Crippen molar-refractivity contribution in [2.24, 2.45) is 5.92 Å². The highest BCUT2D eigenvalue weighted by molar-refractivity contribution is 9.10. The third-order valence-corrected chi connectivity index (χ3v) is 3.22. The molecule has 0 saturated heterocycles. The number of halogens is 2. The van der Waals surface area contributed by atoms with Gasteiger partial charge in [0.15, 0.2) is 5.78 Å². The van der Waals surface area contributed by atoms with E-state index in [9.17, 15) is 4.79 Å². The minimum absolute atomic E-state index is 0.166. The van der Waals surface area contributed by atoms with E-state index in [4.69, 9.17) is 11.6 Å². The SMILES string of the molecule is O=C(CC1CC1)c1cc(Br)ccc1Cl. The van der Waals surface area contributed by atoms with E-state index in [1.807, 2.05) is 6.07 Å². The van der Waals surface area contributed by atoms with Crippen molar-refractivity contribution in [1.82, 2.24) is 0 Å². The molecule has 1 aliphatic carbocycles. The van der Waals surface area contributed by atoms with E-state index >= 15 is 0 Å². The third-order valence-electron chi connectivity index (χ3n) is 2.40. The van der Waals surface area contributed by atoms with Crippen molar-refractivity contribution in [2.75, 3.05) is 0 Å². The zero-order valence-electron chi connectivity index (χ0n) is 7.59. The average molecular weight is 274 g/mol. The Balaban J connectivity index is 2.20. The predicted molar refractivity (Wildman–Crippen MR) is 60.8 cm³/mol. The topological polar surface area (TPSA) is 17.1 Å². The fourth-order valence-corrected chi connectivity index (χ4v) is 1.99. The Hall–Kier alpha value is -0.340. The molecular formula is C11H10BrClO. The number of benzene rings is 1. The summed E-state index contributed by atoms with van der Waals surface area (Å²) in [5.74, 6) is 0.774. The van der Waals surface area contributed by atoms with E-state index in [1.54, 1.807) is 12.1 Å². The van der Waals surface area contributed by atoms with Gasteiger partial charge in [0.2, 0.25) is 0 Å². The molecule has 0 heterocycles. The van der Waals surface area contributed by atoms with Crippen LogP contribution in [0.2, 0.25) is 5.02 Å². The van der Waals surface area contributed by atoms with E-state index in [0.29, 0.717) is 22.9 Å². The Morgan fingerprint density at radius 1 is 1.50 bits per heavy atom. The maximum absolute atomic E-state index is 11.8. The van der Waals surface area contributed by atoms with E-state index in [-0.39, 0.29) is 5.78 Å². The molecular weight excluding hydrogens is 263 g/mol. The molecule has 3 heteroatoms. The van der Waals surface area contributed by atoms with Crippen molar-refractivity contribution in [3.8, 4) is 0 Å². The van der Waals surface area contributed by atoms with E-state index in [2.05, 4.69) is 15.9 Å². The van der Waals surface area contributed by atoms with Crippen molar-refractivity contribution < 1.29 is 4.79 Å². The number of Topliss-reactive ketones (excluding diaryl/α,β-unsaturated/α-hetero) is 1. The molecule has 14 heavy (non-hydrogen) atoms. The molecule has 0 aromatic heterocycles. The Morgan fingerprint density at radius 3 is 2.86 bits per heavy atom. The van der Waals surface area contributed by atoms with Gasteiger partial charge in [-0.25, -0.2) is 0 Å². The summed E-state index contributed by atoms with van der Waals surface area (Å²) in [6.45, 7) is 0. The molecule has 0 unspecified atom stereocenters. The second kappa shape index (κ2) is 4.03. The van der Waals surface area contributed by atoms with Crippen LogP contribution in [0.25, 0.3) is 0 Å². The van der Waals surface area contributed by atoms with Gasteiger partial charge in [-0.3, -0.25) is 4.79 Å². The molecule has 0 spiro atoms. The standard InChI is InChI=1S/C11H10BrClO/c12-8-3-4-10(13)9(6-8)11(14)5-7-1-2-7/h3-4,6-7H,1-2,5H2. The van der Waals surface area contributed by atoms with E-state index in [1.165, 1.54) is 12.8 Å². The largest absolute Gasteiger partial charge is 0.294 e. The van der Waals surface area contributed by atoms with Crippen molar-refractivity contribution in [3.63, 3.8) is 0 Å². The maximum Gasteiger partial charge on any atom is 0.164 e. The summed E-state index contributed by atoms with van der Waals surface area (Å²) in [5, 5.41) is 0.554. The molecule has 0 N–H and O–H groups in total. The van der Waals surface area contributed by atoms with Crippen LogP contribution in [0.5, 0.6) is 0 Å². The van der Waals surface area contributed by atoms with Crippen LogP contribution in [0, 0.1) is 5.92 Å². The number of rotatable bonds is 3. The number of carbonyl (C=O) groups is 1. The fourth-order valence-electron chi connectivity index (χ4n) is 1.41. The lowest BCUT2D eigenvalue weighted by Crippen LogP contribution is -2.00. The summed E-state index contributed by atoms with van der Waals surface area (Å²) >= 11 is 9.29. The van der Waals surface area contributed by atoms with Crippen LogP contribution in [0.15, 0.2) is 22.7 Å². The lowest BCUT2D eigenvalue weighted by Gasteiger charge is -2.03. The summed E-state index contributed by atoms with van der Waals surface area (Å²) in [7, 11) is 0. The fraction of sp³-hybridized carbons (Fsp3) is 0.364. The monoisotopic (exact) mass is 272 g/mol. The summed E-state index contributed by atoms with van der Waals surface area (Å²) in [6.07, 6.45) is 3.03. The van der Waals surface area contributed by atoms with Gasteiger partial charge in [0.1, 0.15) is 0 Å². The molecule has 0 aliphatic heterocycles. The normalized spacial score (nSPS) is 15.6. The molecule has 1 fully saturated rings. The van der Waals surface area contributed by atoms with Crippen LogP contribution in [0.3, 0.4) is 0 Å². The van der Waals surface area contributed by atoms with Crippen LogP contribution < -0.4 is 0 Å². The first-order valence-corrected chi connectivity index (χ1v) is 5.82. The first kappa shape index (κ1) is 10.2. The number of hydrogen-bond acceptors (Lipinski definition) is 1. The molecule has 0 amide bonds. The van der Waals surface area contributed by atoms with Crippen molar-refractivity contribution >= 4 is 33.3 Å². The molecule has 0 bridgehead atoms. The molecule has 1 saturated carbocycles. The lowest BCUT2D eigenvalue weighted by atomic mass is 10.1. The smallest absolute Gasteiger partial charge is 0.164 e. The molecule has 1 aromatic rings. The van der Waals surface area contributed by atoms with Gasteiger partial charge < -0.3 is 0 Å². The molecule has 1 nitrogen and oxygen atoms in total. The van der Waals surface area contributed by atoms with E-state index in [0.717, 1.165) is 4.47 Å². The van der Waals surface area contributed by atoms with Gasteiger partial charge in [0.05, 0.1) is 5.02 Å². The summed E-state index contributed by atoms with van der Waals surface area (Å²) in [6, 6.07) is 5.40. The highest BCUT2D eigenvalue weighted by Gasteiger charge is 2.25. The second-order valence-electron chi connectivity index (χ2n) is 3.69. The zero-order chi connectivity index (χ0) is 10.1. The van der Waals surface area contributed by atoms with Gasteiger partial charge in [0, 0.05) is 16.5 Å². The Bertz CT molecular complexity index is 372. The van der Waals surface area contributed by atoms with Crippen molar-refractivity contribution in [2.45, 2.75) is 19.3 Å². The summed E-state index contributed by atoms with van der Waals surface area (Å²) < 4.78 is 0.904. The van der Waals surface area contributed by atoms with Crippen LogP contribution >= 0.6 is 27.5 Å². The van der Waals surface area contributed by atoms with Gasteiger partial charge in [-0.05, 0) is 37.0 Å². The predicted octanol–water partition coefficient (Wildman–Crippen LogP) is 4.09. The third kappa shape index (κ3) is 2.37. The van der Waals surface area contributed by atoms with Gasteiger partial charge >= 0.3 is 0 Å². The number of ketones is 1. The Labute approximate surface area is 96.6 Å². The Kier molecular flexibility index (Phi) is 2.93. The van der Waals surface area contributed by atoms with Gasteiger partial charge in [0.25, 0.3) is 0 Å². The van der Waals surface area contributed by atoms with Gasteiger partial charge in [-0.15, -0.1) is 0 Å². The van der Waals surface area contributed by atoms with E-state index < -0.39 is 0 Å². The summed E-state index contributed by atoms with van der Waals surface area (Å²) in [4.78, 5) is 11.8. The molecule has 1 aromatic carbocycles. The van der Waals surface area contributed by atoms with Crippen molar-refractivity contribution in [3.05, 3.63) is 33.3 Å². The average Bonchev–Trinajstić information content (AvgIpc) is 2.93. The highest BCUT2D eigenvalue weighted by atomic mass is 79.9.